The van der Waals surface area contributed by atoms with Gasteiger partial charge in [-0.25, -0.2) is 0 Å². The number of para-hydroxylation sites is 1. The van der Waals surface area contributed by atoms with Crippen molar-refractivity contribution in [3.8, 4) is 5.75 Å². The molecule has 1 fully saturated rings. The molecule has 2 heterocycles. The van der Waals surface area contributed by atoms with Crippen molar-refractivity contribution in [3.05, 3.63) is 42.0 Å². The van der Waals surface area contributed by atoms with E-state index in [0.717, 1.165) is 44.0 Å². The van der Waals surface area contributed by atoms with Crippen molar-refractivity contribution >= 4 is 0 Å². The summed E-state index contributed by atoms with van der Waals surface area (Å²) in [4.78, 5) is 2.42. The topological polar surface area (TPSA) is 63.4 Å². The third-order valence-electron chi connectivity index (χ3n) is 4.43. The van der Waals surface area contributed by atoms with Gasteiger partial charge < -0.3 is 14.4 Å². The zero-order chi connectivity index (χ0) is 16.1. The molecule has 1 aliphatic heterocycles. The van der Waals surface area contributed by atoms with Crippen LogP contribution in [-0.2, 0) is 13.7 Å². The van der Waals surface area contributed by atoms with Crippen LogP contribution in [0.25, 0.3) is 0 Å². The second-order valence-corrected chi connectivity index (χ2v) is 5.99. The van der Waals surface area contributed by atoms with E-state index in [0.29, 0.717) is 18.3 Å². The van der Waals surface area contributed by atoms with Crippen LogP contribution in [0.5, 0.6) is 5.75 Å². The van der Waals surface area contributed by atoms with Crippen LogP contribution in [0.2, 0.25) is 0 Å². The molecular formula is C17H24N4O2. The van der Waals surface area contributed by atoms with Crippen molar-refractivity contribution in [2.75, 3.05) is 26.2 Å². The molecule has 2 aromatic rings. The Morgan fingerprint density at radius 2 is 2.09 bits per heavy atom. The fourth-order valence-corrected chi connectivity index (χ4v) is 3.15. The lowest BCUT2D eigenvalue weighted by Crippen LogP contribution is -2.37. The third-order valence-corrected chi connectivity index (χ3v) is 4.43. The SMILES string of the molecule is Cn1c(CO)nnc1C1CCCN(CCOc2ccccc2)C1. The number of benzene rings is 1. The molecule has 1 aromatic heterocycles. The quantitative estimate of drug-likeness (QED) is 0.876. The number of rotatable bonds is 6. The minimum Gasteiger partial charge on any atom is -0.492 e. The highest BCUT2D eigenvalue weighted by atomic mass is 16.5. The second kappa shape index (κ2) is 7.57. The number of nitrogens with zero attached hydrogens (tertiary/aromatic N) is 4. The molecule has 0 amide bonds. The Bertz CT molecular complexity index is 614. The second-order valence-electron chi connectivity index (χ2n) is 5.99. The van der Waals surface area contributed by atoms with Crippen LogP contribution in [0.4, 0.5) is 0 Å². The van der Waals surface area contributed by atoms with Crippen molar-refractivity contribution in [1.29, 1.82) is 0 Å². The zero-order valence-corrected chi connectivity index (χ0v) is 13.6. The monoisotopic (exact) mass is 316 g/mol. The summed E-state index contributed by atoms with van der Waals surface area (Å²) in [5.41, 5.74) is 0. The fraction of sp³-hybridized carbons (Fsp3) is 0.529. The van der Waals surface area contributed by atoms with Gasteiger partial charge in [0, 0.05) is 26.1 Å². The van der Waals surface area contributed by atoms with Gasteiger partial charge in [0.2, 0.25) is 0 Å². The van der Waals surface area contributed by atoms with E-state index < -0.39 is 0 Å². The van der Waals surface area contributed by atoms with Crippen molar-refractivity contribution < 1.29 is 9.84 Å². The van der Waals surface area contributed by atoms with Gasteiger partial charge in [0.25, 0.3) is 0 Å². The maximum absolute atomic E-state index is 9.26. The number of hydrogen-bond donors (Lipinski definition) is 1. The lowest BCUT2D eigenvalue weighted by atomic mass is 9.97. The minimum atomic E-state index is -0.0646. The number of aromatic nitrogens is 3. The molecule has 1 N–H and O–H groups in total. The molecule has 23 heavy (non-hydrogen) atoms. The first-order valence-corrected chi connectivity index (χ1v) is 8.17. The Kier molecular flexibility index (Phi) is 5.25. The lowest BCUT2D eigenvalue weighted by molar-refractivity contribution is 0.166. The van der Waals surface area contributed by atoms with Crippen molar-refractivity contribution in [1.82, 2.24) is 19.7 Å². The van der Waals surface area contributed by atoms with Gasteiger partial charge in [-0.3, -0.25) is 4.90 Å². The molecular weight excluding hydrogens is 292 g/mol. The van der Waals surface area contributed by atoms with Gasteiger partial charge in [-0.1, -0.05) is 18.2 Å². The van der Waals surface area contributed by atoms with Gasteiger partial charge >= 0.3 is 0 Å². The first-order chi connectivity index (χ1) is 11.3. The Hall–Kier alpha value is -1.92. The first-order valence-electron chi connectivity index (χ1n) is 8.17. The van der Waals surface area contributed by atoms with Crippen LogP contribution >= 0.6 is 0 Å². The fourth-order valence-electron chi connectivity index (χ4n) is 3.15. The summed E-state index contributed by atoms with van der Waals surface area (Å²) in [5, 5.41) is 17.6. The largest absolute Gasteiger partial charge is 0.492 e. The van der Waals surface area contributed by atoms with Crippen molar-refractivity contribution in [3.63, 3.8) is 0 Å². The summed E-state index contributed by atoms with van der Waals surface area (Å²) in [6, 6.07) is 9.92. The summed E-state index contributed by atoms with van der Waals surface area (Å²) in [6.45, 7) is 3.60. The van der Waals surface area contributed by atoms with Gasteiger partial charge in [0.1, 0.15) is 24.8 Å². The zero-order valence-electron chi connectivity index (χ0n) is 13.6. The summed E-state index contributed by atoms with van der Waals surface area (Å²) < 4.78 is 7.71. The van der Waals surface area contributed by atoms with Crippen LogP contribution in [0.1, 0.15) is 30.4 Å². The van der Waals surface area contributed by atoms with Gasteiger partial charge in [0.15, 0.2) is 5.82 Å². The first kappa shape index (κ1) is 16.0. The van der Waals surface area contributed by atoms with Crippen LogP contribution in [0.15, 0.2) is 30.3 Å². The highest BCUT2D eigenvalue weighted by molar-refractivity contribution is 5.20. The molecule has 1 unspecified atom stereocenters. The number of piperidine rings is 1. The molecule has 0 bridgehead atoms. The molecule has 1 saturated heterocycles. The molecule has 124 valence electrons. The van der Waals surface area contributed by atoms with Crippen molar-refractivity contribution in [2.45, 2.75) is 25.4 Å². The highest BCUT2D eigenvalue weighted by Crippen LogP contribution is 2.25. The predicted molar refractivity (Wildman–Crippen MR) is 87.3 cm³/mol. The van der Waals surface area contributed by atoms with Gasteiger partial charge in [-0.05, 0) is 31.5 Å². The molecule has 0 spiro atoms. The molecule has 1 atom stereocenters. The van der Waals surface area contributed by atoms with Crippen LogP contribution in [0.3, 0.4) is 0 Å². The number of hydrogen-bond acceptors (Lipinski definition) is 5. The average molecular weight is 316 g/mol. The Morgan fingerprint density at radius 3 is 2.83 bits per heavy atom. The number of aliphatic hydroxyl groups is 1. The standard InChI is InChI=1S/C17H24N4O2/c1-20-16(13-22)18-19-17(20)14-6-5-9-21(12-14)10-11-23-15-7-3-2-4-8-15/h2-4,7-8,14,22H,5-6,9-13H2,1H3. The van der Waals surface area contributed by atoms with Gasteiger partial charge in [-0.2, -0.15) is 0 Å². The predicted octanol–water partition coefficient (Wildman–Crippen LogP) is 1.57. The van der Waals surface area contributed by atoms with Crippen LogP contribution in [0, 0.1) is 0 Å². The molecule has 0 radical (unpaired) electrons. The normalized spacial score (nSPS) is 19.0. The van der Waals surface area contributed by atoms with E-state index in [1.54, 1.807) is 0 Å². The summed E-state index contributed by atoms with van der Waals surface area (Å²) in [5.74, 6) is 2.90. The number of ether oxygens (including phenoxy) is 1. The van der Waals surface area contributed by atoms with Crippen LogP contribution < -0.4 is 4.74 Å². The molecule has 1 aromatic carbocycles. The molecule has 0 aliphatic carbocycles. The molecule has 6 nitrogen and oxygen atoms in total. The molecule has 6 heteroatoms. The van der Waals surface area contributed by atoms with E-state index >= 15 is 0 Å². The lowest BCUT2D eigenvalue weighted by Gasteiger charge is -2.32. The molecule has 1 aliphatic rings. The number of likely N-dealkylation sites (tertiary alicyclic amines) is 1. The maximum atomic E-state index is 9.26. The summed E-state index contributed by atoms with van der Waals surface area (Å²) >= 11 is 0. The third kappa shape index (κ3) is 3.89. The van der Waals surface area contributed by atoms with E-state index in [9.17, 15) is 5.11 Å². The summed E-state index contributed by atoms with van der Waals surface area (Å²) in [6.07, 6.45) is 2.27. The van der Waals surface area contributed by atoms with Gasteiger partial charge in [-0.15, -0.1) is 10.2 Å². The van der Waals surface area contributed by atoms with E-state index in [1.807, 2.05) is 41.9 Å². The van der Waals surface area contributed by atoms with E-state index in [2.05, 4.69) is 15.1 Å². The molecule has 0 saturated carbocycles. The average Bonchev–Trinajstić information content (AvgIpc) is 2.97. The summed E-state index contributed by atoms with van der Waals surface area (Å²) in [7, 11) is 1.93. The molecule has 3 rings (SSSR count). The Balaban J connectivity index is 1.53. The Labute approximate surface area is 136 Å². The smallest absolute Gasteiger partial charge is 0.158 e. The highest BCUT2D eigenvalue weighted by Gasteiger charge is 2.25. The minimum absolute atomic E-state index is 0.0646. The number of aliphatic hydroxyl groups excluding tert-OH is 1. The Morgan fingerprint density at radius 1 is 1.26 bits per heavy atom. The van der Waals surface area contributed by atoms with E-state index in [1.165, 1.54) is 0 Å². The van der Waals surface area contributed by atoms with E-state index in [-0.39, 0.29) is 6.61 Å². The van der Waals surface area contributed by atoms with Crippen LogP contribution in [-0.4, -0.2) is 51.0 Å². The van der Waals surface area contributed by atoms with Crippen molar-refractivity contribution in [2.24, 2.45) is 7.05 Å². The van der Waals surface area contributed by atoms with E-state index in [4.69, 9.17) is 4.74 Å². The maximum Gasteiger partial charge on any atom is 0.158 e. The van der Waals surface area contributed by atoms with Gasteiger partial charge in [0.05, 0.1) is 0 Å².